The molecule has 2 rings (SSSR count). The van der Waals surface area contributed by atoms with Crippen molar-refractivity contribution in [3.05, 3.63) is 20.7 Å². The first kappa shape index (κ1) is 14.3. The Morgan fingerprint density at radius 1 is 1.42 bits per heavy atom. The highest BCUT2D eigenvalue weighted by Crippen LogP contribution is 2.17. The largest absolute Gasteiger partial charge is 0.353 e. The Labute approximate surface area is 117 Å². The minimum absolute atomic E-state index is 0.0742. The van der Waals surface area contributed by atoms with Crippen LogP contribution in [0.1, 0.15) is 50.6 Å². The molecule has 0 bridgehead atoms. The zero-order chi connectivity index (χ0) is 13.7. The third kappa shape index (κ3) is 4.20. The van der Waals surface area contributed by atoms with E-state index in [2.05, 4.69) is 5.32 Å². The molecule has 1 aliphatic rings. The van der Waals surface area contributed by atoms with Gasteiger partial charge in [0, 0.05) is 30.1 Å². The number of nitrogens with zero attached hydrogens (tertiary/aromatic N) is 1. The summed E-state index contributed by atoms with van der Waals surface area (Å²) in [6.07, 6.45) is 7.24. The van der Waals surface area contributed by atoms with Crippen molar-refractivity contribution < 1.29 is 4.79 Å². The van der Waals surface area contributed by atoms with Crippen LogP contribution in [0.5, 0.6) is 0 Å². The van der Waals surface area contributed by atoms with Gasteiger partial charge in [-0.05, 0) is 26.2 Å². The van der Waals surface area contributed by atoms with Gasteiger partial charge in [-0.15, -0.1) is 0 Å². The Hall–Kier alpha value is -1.10. The molecule has 4 nitrogen and oxygen atoms in total. The summed E-state index contributed by atoms with van der Waals surface area (Å²) < 4.78 is 1.75. The second kappa shape index (κ2) is 6.89. The fraction of sp³-hybridized carbons (Fsp3) is 0.714. The number of rotatable bonds is 5. The maximum absolute atomic E-state index is 11.8. The van der Waals surface area contributed by atoms with Gasteiger partial charge in [-0.2, -0.15) is 0 Å². The lowest BCUT2D eigenvalue weighted by atomic mass is 9.95. The molecule has 0 aliphatic heterocycles. The van der Waals surface area contributed by atoms with Crippen LogP contribution >= 0.6 is 11.3 Å². The molecule has 0 atom stereocenters. The molecule has 106 valence electrons. The van der Waals surface area contributed by atoms with Crippen LogP contribution in [0.3, 0.4) is 0 Å². The third-order valence-corrected chi connectivity index (χ3v) is 4.61. The van der Waals surface area contributed by atoms with E-state index < -0.39 is 0 Å². The van der Waals surface area contributed by atoms with Crippen molar-refractivity contribution in [2.24, 2.45) is 0 Å². The van der Waals surface area contributed by atoms with Crippen molar-refractivity contribution >= 4 is 17.2 Å². The first-order valence-corrected chi connectivity index (χ1v) is 7.99. The van der Waals surface area contributed by atoms with Crippen molar-refractivity contribution in [1.29, 1.82) is 0 Å². The third-order valence-electron chi connectivity index (χ3n) is 3.73. The smallest absolute Gasteiger partial charge is 0.307 e. The van der Waals surface area contributed by atoms with Gasteiger partial charge in [0.15, 0.2) is 0 Å². The van der Waals surface area contributed by atoms with Crippen molar-refractivity contribution in [1.82, 2.24) is 9.88 Å². The Balaban J connectivity index is 1.70. The molecule has 19 heavy (non-hydrogen) atoms. The molecule has 1 aliphatic carbocycles. The second-order valence-electron chi connectivity index (χ2n) is 5.30. The summed E-state index contributed by atoms with van der Waals surface area (Å²) in [5.74, 6) is 0.132. The van der Waals surface area contributed by atoms with Crippen LogP contribution in [0.2, 0.25) is 0 Å². The molecule has 1 aromatic rings. The minimum atomic E-state index is 0.0742. The van der Waals surface area contributed by atoms with E-state index in [1.165, 1.54) is 30.6 Å². The zero-order valence-electron chi connectivity index (χ0n) is 11.5. The van der Waals surface area contributed by atoms with Gasteiger partial charge < -0.3 is 9.88 Å². The molecule has 1 heterocycles. The van der Waals surface area contributed by atoms with E-state index in [1.807, 2.05) is 12.3 Å². The predicted octanol–water partition coefficient (Wildman–Crippen LogP) is 2.45. The SMILES string of the molecule is Cc1csc(=O)n1CCCC(=O)NC1CCCCC1. The maximum Gasteiger partial charge on any atom is 0.307 e. The van der Waals surface area contributed by atoms with Crippen LogP contribution in [-0.2, 0) is 11.3 Å². The molecule has 0 radical (unpaired) electrons. The summed E-state index contributed by atoms with van der Waals surface area (Å²) in [5, 5.41) is 4.97. The number of hydrogen-bond acceptors (Lipinski definition) is 3. The highest BCUT2D eigenvalue weighted by Gasteiger charge is 2.15. The molecule has 1 amide bonds. The van der Waals surface area contributed by atoms with Gasteiger partial charge in [-0.3, -0.25) is 9.59 Å². The lowest BCUT2D eigenvalue weighted by Gasteiger charge is -2.22. The topological polar surface area (TPSA) is 51.1 Å². The van der Waals surface area contributed by atoms with E-state index in [-0.39, 0.29) is 10.8 Å². The predicted molar refractivity (Wildman–Crippen MR) is 77.6 cm³/mol. The molecular formula is C14H22N2O2S. The van der Waals surface area contributed by atoms with Crippen LogP contribution in [0.25, 0.3) is 0 Å². The average Bonchev–Trinajstić information content (AvgIpc) is 2.71. The molecule has 1 saturated carbocycles. The van der Waals surface area contributed by atoms with Crippen molar-refractivity contribution in [3.8, 4) is 0 Å². The quantitative estimate of drug-likeness (QED) is 0.902. The Morgan fingerprint density at radius 3 is 2.79 bits per heavy atom. The molecule has 0 saturated heterocycles. The first-order chi connectivity index (χ1) is 9.16. The molecule has 0 spiro atoms. The highest BCUT2D eigenvalue weighted by atomic mass is 32.1. The van der Waals surface area contributed by atoms with Crippen molar-refractivity contribution in [2.75, 3.05) is 0 Å². The Morgan fingerprint density at radius 2 is 2.16 bits per heavy atom. The number of carbonyl (C=O) groups excluding carboxylic acids is 1. The zero-order valence-corrected chi connectivity index (χ0v) is 12.3. The summed E-state index contributed by atoms with van der Waals surface area (Å²) >= 11 is 1.23. The summed E-state index contributed by atoms with van der Waals surface area (Å²) in [4.78, 5) is 23.4. The van der Waals surface area contributed by atoms with E-state index in [1.54, 1.807) is 4.57 Å². The summed E-state index contributed by atoms with van der Waals surface area (Å²) in [5.41, 5.74) is 0.989. The number of hydrogen-bond donors (Lipinski definition) is 1. The van der Waals surface area contributed by atoms with Gasteiger partial charge in [0.25, 0.3) is 0 Å². The normalized spacial score (nSPS) is 16.5. The lowest BCUT2D eigenvalue weighted by Crippen LogP contribution is -2.36. The van der Waals surface area contributed by atoms with Gasteiger partial charge in [0.1, 0.15) is 0 Å². The molecule has 1 N–H and O–H groups in total. The van der Waals surface area contributed by atoms with Crippen LogP contribution in [0.4, 0.5) is 0 Å². The van der Waals surface area contributed by atoms with E-state index >= 15 is 0 Å². The molecule has 0 unspecified atom stereocenters. The van der Waals surface area contributed by atoms with Crippen LogP contribution in [0.15, 0.2) is 10.2 Å². The molecule has 1 fully saturated rings. The van der Waals surface area contributed by atoms with E-state index in [4.69, 9.17) is 0 Å². The van der Waals surface area contributed by atoms with Gasteiger partial charge >= 0.3 is 4.87 Å². The summed E-state index contributed by atoms with van der Waals surface area (Å²) in [6.45, 7) is 2.58. The number of aryl methyl sites for hydroxylation is 1. The van der Waals surface area contributed by atoms with Crippen LogP contribution < -0.4 is 10.2 Å². The number of carbonyl (C=O) groups is 1. The van der Waals surface area contributed by atoms with Crippen LogP contribution in [-0.4, -0.2) is 16.5 Å². The number of thiazole rings is 1. The monoisotopic (exact) mass is 282 g/mol. The summed E-state index contributed by atoms with van der Waals surface area (Å²) in [6, 6.07) is 0.381. The first-order valence-electron chi connectivity index (χ1n) is 7.11. The van der Waals surface area contributed by atoms with Gasteiger partial charge in [0.05, 0.1) is 0 Å². The van der Waals surface area contributed by atoms with Gasteiger partial charge in [0.2, 0.25) is 5.91 Å². The maximum atomic E-state index is 11.8. The Bertz CT molecular complexity index is 472. The highest BCUT2D eigenvalue weighted by molar-refractivity contribution is 7.07. The van der Waals surface area contributed by atoms with E-state index in [0.29, 0.717) is 19.0 Å². The molecule has 1 aromatic heterocycles. The molecule has 5 heteroatoms. The van der Waals surface area contributed by atoms with Crippen LogP contribution in [0, 0.1) is 6.92 Å². The number of nitrogens with one attached hydrogen (secondary N) is 1. The van der Waals surface area contributed by atoms with E-state index in [9.17, 15) is 9.59 Å². The standard InChI is InChI=1S/C14H22N2O2S/c1-11-10-19-14(18)16(11)9-5-8-13(17)15-12-6-3-2-4-7-12/h10,12H,2-9H2,1H3,(H,15,17). The van der Waals surface area contributed by atoms with E-state index in [0.717, 1.165) is 25.0 Å². The minimum Gasteiger partial charge on any atom is -0.353 e. The fourth-order valence-electron chi connectivity index (χ4n) is 2.62. The fourth-order valence-corrected chi connectivity index (χ4v) is 3.38. The van der Waals surface area contributed by atoms with Gasteiger partial charge in [-0.25, -0.2) is 0 Å². The molecule has 0 aromatic carbocycles. The second-order valence-corrected chi connectivity index (χ2v) is 6.12. The number of amides is 1. The van der Waals surface area contributed by atoms with Crippen molar-refractivity contribution in [2.45, 2.75) is 64.5 Å². The molecular weight excluding hydrogens is 260 g/mol. The van der Waals surface area contributed by atoms with Crippen molar-refractivity contribution in [3.63, 3.8) is 0 Å². The Kier molecular flexibility index (Phi) is 5.19. The number of aromatic nitrogens is 1. The lowest BCUT2D eigenvalue weighted by molar-refractivity contribution is -0.122. The van der Waals surface area contributed by atoms with Gasteiger partial charge in [-0.1, -0.05) is 30.6 Å². The summed E-state index contributed by atoms with van der Waals surface area (Å²) in [7, 11) is 0. The average molecular weight is 282 g/mol.